The zero-order chi connectivity index (χ0) is 25.4. The van der Waals surface area contributed by atoms with E-state index < -0.39 is 15.9 Å². The van der Waals surface area contributed by atoms with E-state index in [2.05, 4.69) is 5.32 Å². The van der Waals surface area contributed by atoms with Crippen molar-refractivity contribution in [2.24, 2.45) is 0 Å². The van der Waals surface area contributed by atoms with Crippen LogP contribution in [0.3, 0.4) is 0 Å². The summed E-state index contributed by atoms with van der Waals surface area (Å²) in [7, 11) is -3.98. The minimum atomic E-state index is -3.98. The Morgan fingerprint density at radius 3 is 2.11 bits per heavy atom. The number of carbonyl (C=O) groups is 2. The van der Waals surface area contributed by atoms with Gasteiger partial charge in [-0.05, 0) is 61.4 Å². The van der Waals surface area contributed by atoms with Crippen LogP contribution >= 0.6 is 11.6 Å². The Morgan fingerprint density at radius 2 is 1.51 bits per heavy atom. The summed E-state index contributed by atoms with van der Waals surface area (Å²) in [5.74, 6) is -0.823. The minimum Gasteiger partial charge on any atom is -0.466 e. The number of nitrogens with zero attached hydrogens (tertiary/aromatic N) is 1. The van der Waals surface area contributed by atoms with Crippen LogP contribution in [0.15, 0.2) is 77.7 Å². The van der Waals surface area contributed by atoms with Crippen LogP contribution in [0.1, 0.15) is 23.6 Å². The second kappa shape index (κ2) is 12.0. The summed E-state index contributed by atoms with van der Waals surface area (Å²) < 4.78 is 32.8. The van der Waals surface area contributed by atoms with Crippen LogP contribution in [-0.4, -0.2) is 37.8 Å². The van der Waals surface area contributed by atoms with Gasteiger partial charge in [-0.25, -0.2) is 8.42 Å². The quantitative estimate of drug-likeness (QED) is 0.400. The number of amides is 1. The van der Waals surface area contributed by atoms with Crippen LogP contribution < -0.4 is 5.32 Å². The molecule has 9 heteroatoms. The highest BCUT2D eigenvalue weighted by atomic mass is 35.5. The van der Waals surface area contributed by atoms with Crippen molar-refractivity contribution in [3.63, 3.8) is 0 Å². The molecule has 0 aliphatic heterocycles. The fourth-order valence-electron chi connectivity index (χ4n) is 3.32. The number of esters is 1. The number of carbonyl (C=O) groups excluding carboxylic acids is 2. The zero-order valence-electron chi connectivity index (χ0n) is 19.5. The van der Waals surface area contributed by atoms with Gasteiger partial charge < -0.3 is 10.1 Å². The molecule has 0 aromatic heterocycles. The third-order valence-electron chi connectivity index (χ3n) is 5.14. The number of halogens is 1. The van der Waals surface area contributed by atoms with Gasteiger partial charge in [0.25, 0.3) is 0 Å². The molecule has 0 spiro atoms. The highest BCUT2D eigenvalue weighted by Gasteiger charge is 2.27. The Bertz CT molecular complexity index is 1260. The van der Waals surface area contributed by atoms with Gasteiger partial charge in [0, 0.05) is 17.3 Å². The van der Waals surface area contributed by atoms with E-state index in [9.17, 15) is 18.0 Å². The van der Waals surface area contributed by atoms with E-state index >= 15 is 0 Å². The highest BCUT2D eigenvalue weighted by Crippen LogP contribution is 2.21. The van der Waals surface area contributed by atoms with Crippen molar-refractivity contribution in [3.8, 4) is 0 Å². The van der Waals surface area contributed by atoms with Crippen LogP contribution in [-0.2, 0) is 37.3 Å². The molecule has 0 saturated carbocycles. The summed E-state index contributed by atoms with van der Waals surface area (Å²) in [6, 6.07) is 20.0. The summed E-state index contributed by atoms with van der Waals surface area (Å²) >= 11 is 5.92. The van der Waals surface area contributed by atoms with Crippen molar-refractivity contribution in [2.45, 2.75) is 31.7 Å². The van der Waals surface area contributed by atoms with E-state index in [-0.39, 0.29) is 30.4 Å². The van der Waals surface area contributed by atoms with Crippen LogP contribution in [0.5, 0.6) is 0 Å². The topological polar surface area (TPSA) is 92.8 Å². The molecule has 35 heavy (non-hydrogen) atoms. The monoisotopic (exact) mass is 514 g/mol. The maximum Gasteiger partial charge on any atom is 0.310 e. The predicted molar refractivity (Wildman–Crippen MR) is 136 cm³/mol. The lowest BCUT2D eigenvalue weighted by Crippen LogP contribution is -2.37. The number of benzene rings is 3. The van der Waals surface area contributed by atoms with Crippen molar-refractivity contribution in [3.05, 3.63) is 94.5 Å². The molecule has 0 fully saturated rings. The van der Waals surface area contributed by atoms with Crippen molar-refractivity contribution in [1.82, 2.24) is 4.31 Å². The van der Waals surface area contributed by atoms with E-state index in [1.807, 2.05) is 31.2 Å². The minimum absolute atomic E-state index is 0.0249. The van der Waals surface area contributed by atoms with Crippen molar-refractivity contribution < 1.29 is 22.7 Å². The third kappa shape index (κ3) is 7.65. The van der Waals surface area contributed by atoms with Crippen LogP contribution in [0.4, 0.5) is 5.69 Å². The van der Waals surface area contributed by atoms with E-state index in [1.54, 1.807) is 31.2 Å². The number of sulfonamides is 1. The molecular weight excluding hydrogens is 488 g/mol. The lowest BCUT2D eigenvalue weighted by atomic mass is 10.1. The molecule has 0 unspecified atom stereocenters. The molecular formula is C26H27ClN2O5S. The summed E-state index contributed by atoms with van der Waals surface area (Å²) in [5.41, 5.74) is 3.03. The highest BCUT2D eigenvalue weighted by molar-refractivity contribution is 7.89. The molecule has 0 aliphatic carbocycles. The smallest absolute Gasteiger partial charge is 0.310 e. The Kier molecular flexibility index (Phi) is 9.03. The Morgan fingerprint density at radius 1 is 0.914 bits per heavy atom. The van der Waals surface area contributed by atoms with E-state index in [0.29, 0.717) is 17.3 Å². The number of anilines is 1. The lowest BCUT2D eigenvalue weighted by Gasteiger charge is -2.22. The van der Waals surface area contributed by atoms with E-state index in [0.717, 1.165) is 21.0 Å². The Balaban J connectivity index is 1.76. The molecule has 3 rings (SSSR count). The van der Waals surface area contributed by atoms with Crippen molar-refractivity contribution in [1.29, 1.82) is 0 Å². The summed E-state index contributed by atoms with van der Waals surface area (Å²) in [5, 5.41) is 3.14. The predicted octanol–water partition coefficient (Wildman–Crippen LogP) is 4.58. The van der Waals surface area contributed by atoms with Crippen molar-refractivity contribution >= 4 is 39.2 Å². The van der Waals surface area contributed by atoms with Crippen LogP contribution in [0, 0.1) is 6.92 Å². The second-order valence-corrected chi connectivity index (χ2v) is 10.3. The third-order valence-corrected chi connectivity index (χ3v) is 7.20. The first-order chi connectivity index (χ1) is 16.7. The second-order valence-electron chi connectivity index (χ2n) is 7.94. The van der Waals surface area contributed by atoms with Crippen LogP contribution in [0.25, 0.3) is 0 Å². The van der Waals surface area contributed by atoms with E-state index in [1.165, 1.54) is 24.3 Å². The van der Waals surface area contributed by atoms with Crippen molar-refractivity contribution in [2.75, 3.05) is 18.5 Å². The normalized spacial score (nSPS) is 11.3. The Hall–Kier alpha value is -3.20. The summed E-state index contributed by atoms with van der Waals surface area (Å²) in [6.07, 6.45) is 0.131. The average Bonchev–Trinajstić information content (AvgIpc) is 2.82. The number of hydrogen-bond acceptors (Lipinski definition) is 5. The molecule has 0 bridgehead atoms. The number of aryl methyl sites for hydroxylation is 1. The van der Waals surface area contributed by atoms with Gasteiger partial charge in [-0.15, -0.1) is 0 Å². The molecule has 184 valence electrons. The zero-order valence-corrected chi connectivity index (χ0v) is 21.1. The average molecular weight is 515 g/mol. The molecule has 1 amide bonds. The summed E-state index contributed by atoms with van der Waals surface area (Å²) in [6.45, 7) is 3.63. The molecule has 7 nitrogen and oxygen atoms in total. The molecule has 0 saturated heterocycles. The standard InChI is InChI=1S/C26H27ClN2O5S/c1-3-34-26(31)16-20-8-12-23(13-9-20)28-25(30)18-29(17-21-6-4-19(2)5-7-21)35(32,33)24-14-10-22(27)11-15-24/h4-15H,3,16-18H2,1-2H3,(H,28,30). The van der Waals surface area contributed by atoms with Gasteiger partial charge in [0.1, 0.15) is 0 Å². The largest absolute Gasteiger partial charge is 0.466 e. The van der Waals surface area contributed by atoms with Gasteiger partial charge >= 0.3 is 5.97 Å². The lowest BCUT2D eigenvalue weighted by molar-refractivity contribution is -0.142. The van der Waals surface area contributed by atoms with Crippen LogP contribution in [0.2, 0.25) is 5.02 Å². The first-order valence-electron chi connectivity index (χ1n) is 11.0. The molecule has 0 radical (unpaired) electrons. The van der Waals surface area contributed by atoms with Gasteiger partial charge in [0.2, 0.25) is 15.9 Å². The summed E-state index contributed by atoms with van der Waals surface area (Å²) in [4.78, 5) is 24.5. The molecule has 1 N–H and O–H groups in total. The fraction of sp³-hybridized carbons (Fsp3) is 0.231. The molecule has 0 aliphatic rings. The maximum absolute atomic E-state index is 13.4. The van der Waals surface area contributed by atoms with E-state index in [4.69, 9.17) is 16.3 Å². The SMILES string of the molecule is CCOC(=O)Cc1ccc(NC(=O)CN(Cc2ccc(C)cc2)S(=O)(=O)c2ccc(Cl)cc2)cc1. The maximum atomic E-state index is 13.4. The Labute approximate surface area is 210 Å². The van der Waals surface area contributed by atoms with Gasteiger partial charge in [0.15, 0.2) is 0 Å². The molecule has 3 aromatic carbocycles. The van der Waals surface area contributed by atoms with Gasteiger partial charge in [0.05, 0.1) is 24.5 Å². The number of nitrogens with one attached hydrogen (secondary N) is 1. The molecule has 3 aromatic rings. The number of hydrogen-bond donors (Lipinski definition) is 1. The fourth-order valence-corrected chi connectivity index (χ4v) is 4.83. The molecule has 0 atom stereocenters. The van der Waals surface area contributed by atoms with Gasteiger partial charge in [-0.3, -0.25) is 9.59 Å². The number of ether oxygens (including phenoxy) is 1. The van der Waals surface area contributed by atoms with Gasteiger partial charge in [-0.2, -0.15) is 4.31 Å². The number of rotatable bonds is 10. The molecule has 0 heterocycles. The first kappa shape index (κ1) is 26.4. The first-order valence-corrected chi connectivity index (χ1v) is 12.8. The van der Waals surface area contributed by atoms with Gasteiger partial charge in [-0.1, -0.05) is 53.6 Å².